The van der Waals surface area contributed by atoms with Crippen molar-refractivity contribution in [2.24, 2.45) is 0 Å². The van der Waals surface area contributed by atoms with Gasteiger partial charge in [0, 0.05) is 34.2 Å². The zero-order valence-electron chi connectivity index (χ0n) is 14.1. The smallest absolute Gasteiger partial charge is 0.423 e. The quantitative estimate of drug-likeness (QED) is 0.482. The average molecular weight is 344 g/mol. The highest BCUT2D eigenvalue weighted by Crippen LogP contribution is 2.37. The number of aromatic amines is 1. The monoisotopic (exact) mass is 344 g/mol. The van der Waals surface area contributed by atoms with Crippen LogP contribution in [0.5, 0.6) is 0 Å². The summed E-state index contributed by atoms with van der Waals surface area (Å²) < 4.78 is 0. The van der Waals surface area contributed by atoms with E-state index in [1.54, 1.807) is 12.3 Å². The molecule has 3 aromatic heterocycles. The van der Waals surface area contributed by atoms with Crippen LogP contribution >= 0.6 is 0 Å². The summed E-state index contributed by atoms with van der Waals surface area (Å²) in [6.07, 6.45) is 9.35. The molecule has 0 amide bonds. The second-order valence-corrected chi connectivity index (χ2v) is 6.80. The van der Waals surface area contributed by atoms with Crippen LogP contribution in [0.15, 0.2) is 36.8 Å². The zero-order chi connectivity index (χ0) is 17.7. The van der Waals surface area contributed by atoms with Crippen LogP contribution in [-0.4, -0.2) is 37.3 Å². The number of rotatable bonds is 2. The Labute approximate surface area is 150 Å². The standard InChI is InChI=1S/C19H17BN4O2/c25-20(26)12-7-11(8-21-9-12)19-14-4-2-1-3-13(14)18-15-10-22-24-16(15)5-6-17(18)23-19/h5-10,25-26H,1-4H2,(H,22,24). The summed E-state index contributed by atoms with van der Waals surface area (Å²) >= 11 is 0. The van der Waals surface area contributed by atoms with Crippen LogP contribution in [0, 0.1) is 0 Å². The van der Waals surface area contributed by atoms with Crippen molar-refractivity contribution in [2.75, 3.05) is 0 Å². The number of pyridine rings is 2. The Morgan fingerprint density at radius 2 is 1.85 bits per heavy atom. The first-order chi connectivity index (χ1) is 12.7. The molecule has 128 valence electrons. The van der Waals surface area contributed by atoms with E-state index in [1.165, 1.54) is 22.7 Å². The largest absolute Gasteiger partial charge is 0.490 e. The van der Waals surface area contributed by atoms with Crippen molar-refractivity contribution in [3.05, 3.63) is 47.9 Å². The van der Waals surface area contributed by atoms with Gasteiger partial charge in [0.15, 0.2) is 0 Å². The predicted molar refractivity (Wildman–Crippen MR) is 101 cm³/mol. The van der Waals surface area contributed by atoms with E-state index in [9.17, 15) is 10.0 Å². The van der Waals surface area contributed by atoms with E-state index in [-0.39, 0.29) is 0 Å². The maximum absolute atomic E-state index is 9.48. The molecule has 0 spiro atoms. The highest BCUT2D eigenvalue weighted by Gasteiger charge is 2.22. The number of fused-ring (bicyclic) bond motifs is 5. The highest BCUT2D eigenvalue weighted by molar-refractivity contribution is 6.58. The molecule has 1 aliphatic carbocycles. The molecule has 0 saturated heterocycles. The lowest BCUT2D eigenvalue weighted by Crippen LogP contribution is -2.30. The van der Waals surface area contributed by atoms with Gasteiger partial charge in [-0.15, -0.1) is 0 Å². The van der Waals surface area contributed by atoms with E-state index in [0.29, 0.717) is 5.46 Å². The van der Waals surface area contributed by atoms with Crippen LogP contribution in [0.25, 0.3) is 33.1 Å². The molecule has 1 aromatic carbocycles. The average Bonchev–Trinajstić information content (AvgIpc) is 3.16. The Bertz CT molecular complexity index is 1140. The molecular weight excluding hydrogens is 327 g/mol. The Balaban J connectivity index is 1.84. The van der Waals surface area contributed by atoms with Crippen LogP contribution < -0.4 is 5.46 Å². The zero-order valence-corrected chi connectivity index (χ0v) is 14.1. The van der Waals surface area contributed by atoms with E-state index in [4.69, 9.17) is 4.98 Å². The van der Waals surface area contributed by atoms with Gasteiger partial charge < -0.3 is 10.0 Å². The van der Waals surface area contributed by atoms with Crippen molar-refractivity contribution in [3.8, 4) is 11.3 Å². The van der Waals surface area contributed by atoms with Gasteiger partial charge in [0.05, 0.1) is 22.9 Å². The first-order valence-corrected chi connectivity index (χ1v) is 8.81. The van der Waals surface area contributed by atoms with Crippen LogP contribution in [0.2, 0.25) is 0 Å². The molecular formula is C19H17BN4O2. The lowest BCUT2D eigenvalue weighted by Gasteiger charge is -2.21. The molecule has 6 nitrogen and oxygen atoms in total. The van der Waals surface area contributed by atoms with Gasteiger partial charge in [-0.3, -0.25) is 10.1 Å². The lowest BCUT2D eigenvalue weighted by molar-refractivity contribution is 0.425. The molecule has 4 aromatic rings. The normalized spacial score (nSPS) is 13.9. The molecule has 3 N–H and O–H groups in total. The van der Waals surface area contributed by atoms with Gasteiger partial charge in [-0.1, -0.05) is 0 Å². The third-order valence-corrected chi connectivity index (χ3v) is 5.22. The fraction of sp³-hybridized carbons (Fsp3) is 0.211. The second-order valence-electron chi connectivity index (χ2n) is 6.80. The summed E-state index contributed by atoms with van der Waals surface area (Å²) in [5, 5.41) is 28.5. The van der Waals surface area contributed by atoms with Crippen molar-refractivity contribution in [3.63, 3.8) is 0 Å². The molecule has 0 radical (unpaired) electrons. The summed E-state index contributed by atoms with van der Waals surface area (Å²) in [5.41, 5.74) is 6.62. The van der Waals surface area contributed by atoms with Crippen molar-refractivity contribution < 1.29 is 10.0 Å². The molecule has 5 rings (SSSR count). The third kappa shape index (κ3) is 2.32. The third-order valence-electron chi connectivity index (χ3n) is 5.22. The molecule has 26 heavy (non-hydrogen) atoms. The van der Waals surface area contributed by atoms with Gasteiger partial charge in [-0.25, -0.2) is 4.98 Å². The van der Waals surface area contributed by atoms with Crippen LogP contribution in [0.4, 0.5) is 0 Å². The molecule has 0 aliphatic heterocycles. The van der Waals surface area contributed by atoms with Gasteiger partial charge in [-0.05, 0) is 55.0 Å². The maximum atomic E-state index is 9.48. The molecule has 0 bridgehead atoms. The van der Waals surface area contributed by atoms with Gasteiger partial charge in [0.25, 0.3) is 0 Å². The molecule has 0 saturated carbocycles. The Hall–Kier alpha value is -2.77. The fourth-order valence-electron chi connectivity index (χ4n) is 4.01. The number of benzene rings is 1. The number of H-pyrrole nitrogens is 1. The van der Waals surface area contributed by atoms with Gasteiger partial charge in [-0.2, -0.15) is 5.10 Å². The Morgan fingerprint density at radius 3 is 2.69 bits per heavy atom. The summed E-state index contributed by atoms with van der Waals surface area (Å²) in [6, 6.07) is 5.78. The van der Waals surface area contributed by atoms with Crippen LogP contribution in [0.3, 0.4) is 0 Å². The summed E-state index contributed by atoms with van der Waals surface area (Å²) in [5.74, 6) is 0. The van der Waals surface area contributed by atoms with Crippen molar-refractivity contribution in [1.29, 1.82) is 0 Å². The van der Waals surface area contributed by atoms with E-state index in [1.807, 2.05) is 18.3 Å². The first-order valence-electron chi connectivity index (χ1n) is 8.81. The number of aryl methyl sites for hydroxylation is 1. The minimum atomic E-state index is -1.54. The molecule has 0 fully saturated rings. The number of hydrogen-bond acceptors (Lipinski definition) is 5. The molecule has 1 aliphatic rings. The lowest BCUT2D eigenvalue weighted by atomic mass is 9.80. The molecule has 0 atom stereocenters. The highest BCUT2D eigenvalue weighted by atomic mass is 16.4. The first kappa shape index (κ1) is 15.5. The fourth-order valence-corrected chi connectivity index (χ4v) is 4.01. The van der Waals surface area contributed by atoms with Crippen molar-refractivity contribution in [1.82, 2.24) is 20.2 Å². The second kappa shape index (κ2) is 5.90. The molecule has 7 heteroatoms. The number of aromatic nitrogens is 4. The summed E-state index contributed by atoms with van der Waals surface area (Å²) in [4.78, 5) is 9.12. The van der Waals surface area contributed by atoms with E-state index in [0.717, 1.165) is 53.4 Å². The SMILES string of the molecule is OB(O)c1cncc(-c2nc3ccc4[nH]ncc4c3c3c2CCCC3)c1. The van der Waals surface area contributed by atoms with Crippen LogP contribution in [-0.2, 0) is 12.8 Å². The van der Waals surface area contributed by atoms with E-state index in [2.05, 4.69) is 15.2 Å². The minimum Gasteiger partial charge on any atom is -0.423 e. The van der Waals surface area contributed by atoms with Gasteiger partial charge in [0.1, 0.15) is 0 Å². The maximum Gasteiger partial charge on any atom is 0.490 e. The van der Waals surface area contributed by atoms with Crippen molar-refractivity contribution in [2.45, 2.75) is 25.7 Å². The number of nitrogens with zero attached hydrogens (tertiary/aromatic N) is 3. The predicted octanol–water partition coefficient (Wildman–Crippen LogP) is 1.73. The molecule has 0 unspecified atom stereocenters. The number of nitrogens with one attached hydrogen (secondary N) is 1. The summed E-state index contributed by atoms with van der Waals surface area (Å²) in [6.45, 7) is 0. The van der Waals surface area contributed by atoms with Gasteiger partial charge in [0.2, 0.25) is 0 Å². The van der Waals surface area contributed by atoms with Crippen molar-refractivity contribution >= 4 is 34.4 Å². The molecule has 3 heterocycles. The Kier molecular flexibility index (Phi) is 3.51. The minimum absolute atomic E-state index is 0.374. The van der Waals surface area contributed by atoms with Crippen LogP contribution in [0.1, 0.15) is 24.0 Å². The Morgan fingerprint density at radius 1 is 1.00 bits per heavy atom. The summed E-state index contributed by atoms with van der Waals surface area (Å²) in [7, 11) is -1.54. The topological polar surface area (TPSA) is 94.9 Å². The van der Waals surface area contributed by atoms with E-state index < -0.39 is 7.12 Å². The van der Waals surface area contributed by atoms with E-state index >= 15 is 0 Å². The van der Waals surface area contributed by atoms with Gasteiger partial charge >= 0.3 is 7.12 Å². The number of hydrogen-bond donors (Lipinski definition) is 3.